The van der Waals surface area contributed by atoms with Gasteiger partial charge >= 0.3 is 5.97 Å². The normalized spacial score (nSPS) is 35.6. The first-order valence-corrected chi connectivity index (χ1v) is 4.61. The third kappa shape index (κ3) is 2.32. The van der Waals surface area contributed by atoms with Gasteiger partial charge in [0, 0.05) is 0 Å². The van der Waals surface area contributed by atoms with E-state index in [0.29, 0.717) is 0 Å². The first-order valence-electron chi connectivity index (χ1n) is 4.61. The van der Waals surface area contributed by atoms with Crippen LogP contribution in [0.25, 0.3) is 0 Å². The van der Waals surface area contributed by atoms with Crippen LogP contribution in [-0.2, 0) is 9.53 Å². The van der Waals surface area contributed by atoms with E-state index in [4.69, 9.17) is 15.3 Å². The van der Waals surface area contributed by atoms with E-state index < -0.39 is 49.2 Å². The smallest absolute Gasteiger partial charge is 0.338 e. The van der Waals surface area contributed by atoms with E-state index in [2.05, 4.69) is 4.74 Å². The minimum Gasteiger partial charge on any atom is -0.455 e. The molecular formula is C8H14O8. The molecule has 16 heavy (non-hydrogen) atoms. The molecule has 1 heterocycles. The summed E-state index contributed by atoms with van der Waals surface area (Å²) >= 11 is 0. The molecular weight excluding hydrogens is 224 g/mol. The van der Waals surface area contributed by atoms with Crippen molar-refractivity contribution in [3.05, 3.63) is 0 Å². The maximum Gasteiger partial charge on any atom is 0.338 e. The van der Waals surface area contributed by atoms with Gasteiger partial charge in [0.2, 0.25) is 0 Å². The highest BCUT2D eigenvalue weighted by molar-refractivity contribution is 5.77. The summed E-state index contributed by atoms with van der Waals surface area (Å²) < 4.78 is 4.42. The molecule has 6 atom stereocenters. The lowest BCUT2D eigenvalue weighted by atomic mass is 9.99. The van der Waals surface area contributed by atoms with Gasteiger partial charge in [-0.05, 0) is 0 Å². The second kappa shape index (κ2) is 5.04. The SMILES string of the molecule is O=C1O[C@H]([C@@H](O)[C@H](O)[C@@H](O)CO)[C@@H](O)[C@H]1O. The van der Waals surface area contributed by atoms with Crippen molar-refractivity contribution < 1.29 is 40.2 Å². The molecule has 1 saturated heterocycles. The maximum atomic E-state index is 10.8. The predicted octanol–water partition coefficient (Wildman–Crippen LogP) is -4.29. The van der Waals surface area contributed by atoms with Crippen molar-refractivity contribution in [2.75, 3.05) is 6.61 Å². The summed E-state index contributed by atoms with van der Waals surface area (Å²) in [4.78, 5) is 10.8. The highest BCUT2D eigenvalue weighted by Gasteiger charge is 2.48. The highest BCUT2D eigenvalue weighted by Crippen LogP contribution is 2.21. The monoisotopic (exact) mass is 238 g/mol. The summed E-state index contributed by atoms with van der Waals surface area (Å²) in [6, 6.07) is 0. The maximum absolute atomic E-state index is 10.8. The number of hydrogen-bond acceptors (Lipinski definition) is 8. The Morgan fingerprint density at radius 1 is 1.25 bits per heavy atom. The van der Waals surface area contributed by atoms with Crippen LogP contribution < -0.4 is 0 Å². The fourth-order valence-electron chi connectivity index (χ4n) is 1.39. The second-order valence-corrected chi connectivity index (χ2v) is 3.57. The van der Waals surface area contributed by atoms with Crippen LogP contribution in [0.1, 0.15) is 0 Å². The first-order chi connectivity index (χ1) is 7.40. The zero-order valence-electron chi connectivity index (χ0n) is 8.17. The average Bonchev–Trinajstić information content (AvgIpc) is 2.54. The van der Waals surface area contributed by atoms with E-state index in [-0.39, 0.29) is 0 Å². The lowest BCUT2D eigenvalue weighted by Gasteiger charge is -2.26. The number of cyclic esters (lactones) is 1. The molecule has 0 aromatic carbocycles. The standard InChI is InChI=1S/C8H14O8/c9-1-2(10)3(11)4(12)7-5(13)6(14)8(15)16-7/h2-7,9-14H,1H2/t2-,3+,4-,5-,6+,7+/m0/s1. The lowest BCUT2D eigenvalue weighted by Crippen LogP contribution is -2.50. The lowest BCUT2D eigenvalue weighted by molar-refractivity contribution is -0.159. The topological polar surface area (TPSA) is 148 Å². The number of rotatable bonds is 4. The van der Waals surface area contributed by atoms with Crippen LogP contribution in [0.5, 0.6) is 0 Å². The molecule has 1 aliphatic rings. The summed E-state index contributed by atoms with van der Waals surface area (Å²) in [5.74, 6) is -1.12. The molecule has 8 heteroatoms. The van der Waals surface area contributed by atoms with E-state index in [1.807, 2.05) is 0 Å². The summed E-state index contributed by atoms with van der Waals surface area (Å²) in [6.45, 7) is -0.808. The third-order valence-electron chi connectivity index (χ3n) is 2.42. The summed E-state index contributed by atoms with van der Waals surface area (Å²) in [5.41, 5.74) is 0. The van der Waals surface area contributed by atoms with Gasteiger partial charge in [0.25, 0.3) is 0 Å². The molecule has 94 valence electrons. The van der Waals surface area contributed by atoms with Crippen LogP contribution in [0.2, 0.25) is 0 Å². The fraction of sp³-hybridized carbons (Fsp3) is 0.875. The molecule has 6 N–H and O–H groups in total. The minimum absolute atomic E-state index is 0.808. The zero-order chi connectivity index (χ0) is 12.5. The van der Waals surface area contributed by atoms with Crippen molar-refractivity contribution in [3.63, 3.8) is 0 Å². The van der Waals surface area contributed by atoms with Gasteiger partial charge in [0.1, 0.15) is 24.4 Å². The quantitative estimate of drug-likeness (QED) is 0.269. The molecule has 0 amide bonds. The number of aliphatic hydroxyl groups is 6. The van der Waals surface area contributed by atoms with Crippen molar-refractivity contribution in [3.8, 4) is 0 Å². The van der Waals surface area contributed by atoms with Crippen molar-refractivity contribution in [1.82, 2.24) is 0 Å². The third-order valence-corrected chi connectivity index (χ3v) is 2.42. The summed E-state index contributed by atoms with van der Waals surface area (Å²) in [7, 11) is 0. The summed E-state index contributed by atoms with van der Waals surface area (Å²) in [6.07, 6.45) is -10.3. The predicted molar refractivity (Wildman–Crippen MR) is 47.0 cm³/mol. The van der Waals surface area contributed by atoms with Crippen molar-refractivity contribution in [2.24, 2.45) is 0 Å². The Morgan fingerprint density at radius 2 is 1.81 bits per heavy atom. The number of aliphatic hydroxyl groups excluding tert-OH is 6. The van der Waals surface area contributed by atoms with Crippen molar-refractivity contribution >= 4 is 5.97 Å². The molecule has 0 aromatic rings. The van der Waals surface area contributed by atoms with E-state index in [0.717, 1.165) is 0 Å². The Morgan fingerprint density at radius 3 is 2.19 bits per heavy atom. The van der Waals surface area contributed by atoms with Crippen LogP contribution in [0, 0.1) is 0 Å². The molecule has 1 fully saturated rings. The van der Waals surface area contributed by atoms with Gasteiger partial charge in [-0.15, -0.1) is 0 Å². The molecule has 0 saturated carbocycles. The number of esters is 1. The molecule has 0 unspecified atom stereocenters. The van der Waals surface area contributed by atoms with Crippen LogP contribution >= 0.6 is 0 Å². The molecule has 8 nitrogen and oxygen atoms in total. The largest absolute Gasteiger partial charge is 0.455 e. The van der Waals surface area contributed by atoms with Gasteiger partial charge in [-0.25, -0.2) is 4.79 Å². The molecule has 0 aliphatic carbocycles. The van der Waals surface area contributed by atoms with Gasteiger partial charge < -0.3 is 35.4 Å². The molecule has 0 radical (unpaired) electrons. The molecule has 0 bridgehead atoms. The minimum atomic E-state index is -1.81. The Kier molecular flexibility index (Phi) is 4.19. The van der Waals surface area contributed by atoms with Gasteiger partial charge in [-0.2, -0.15) is 0 Å². The van der Waals surface area contributed by atoms with E-state index in [9.17, 15) is 20.1 Å². The van der Waals surface area contributed by atoms with Crippen LogP contribution in [0.4, 0.5) is 0 Å². The molecule has 1 rings (SSSR count). The number of ether oxygens (including phenoxy) is 1. The fourth-order valence-corrected chi connectivity index (χ4v) is 1.39. The Hall–Kier alpha value is -0.770. The van der Waals surface area contributed by atoms with Gasteiger partial charge in [-0.3, -0.25) is 0 Å². The van der Waals surface area contributed by atoms with Gasteiger partial charge in [0.15, 0.2) is 12.2 Å². The Bertz CT molecular complexity index is 256. The van der Waals surface area contributed by atoms with E-state index in [1.165, 1.54) is 0 Å². The first kappa shape index (κ1) is 13.3. The number of carbonyl (C=O) groups is 1. The zero-order valence-corrected chi connectivity index (χ0v) is 8.17. The second-order valence-electron chi connectivity index (χ2n) is 3.57. The average molecular weight is 238 g/mol. The Labute approximate surface area is 90.3 Å². The van der Waals surface area contributed by atoms with Crippen LogP contribution in [-0.4, -0.2) is 79.8 Å². The molecule has 0 spiro atoms. The van der Waals surface area contributed by atoms with Gasteiger partial charge in [-0.1, -0.05) is 0 Å². The molecule has 1 aliphatic heterocycles. The highest BCUT2D eigenvalue weighted by atomic mass is 16.6. The van der Waals surface area contributed by atoms with Gasteiger partial charge in [0.05, 0.1) is 6.61 Å². The Balaban J connectivity index is 2.68. The van der Waals surface area contributed by atoms with Crippen LogP contribution in [0.3, 0.4) is 0 Å². The van der Waals surface area contributed by atoms with E-state index in [1.54, 1.807) is 0 Å². The number of hydrogen-bond donors (Lipinski definition) is 6. The number of carbonyl (C=O) groups excluding carboxylic acids is 1. The van der Waals surface area contributed by atoms with Crippen LogP contribution in [0.15, 0.2) is 0 Å². The van der Waals surface area contributed by atoms with Crippen molar-refractivity contribution in [1.29, 1.82) is 0 Å². The van der Waals surface area contributed by atoms with E-state index >= 15 is 0 Å². The summed E-state index contributed by atoms with van der Waals surface area (Å²) in [5, 5.41) is 54.6. The molecule has 0 aromatic heterocycles. The van der Waals surface area contributed by atoms with Crippen molar-refractivity contribution in [2.45, 2.75) is 36.6 Å².